The van der Waals surface area contributed by atoms with Gasteiger partial charge in [-0.15, -0.1) is 0 Å². The first-order chi connectivity index (χ1) is 15.7. The van der Waals surface area contributed by atoms with Crippen molar-refractivity contribution in [1.29, 1.82) is 0 Å². The second kappa shape index (κ2) is 9.20. The van der Waals surface area contributed by atoms with Crippen LogP contribution in [0.1, 0.15) is 12.5 Å². The van der Waals surface area contributed by atoms with Crippen LogP contribution in [0.2, 0.25) is 5.02 Å². The van der Waals surface area contributed by atoms with Gasteiger partial charge in [0.1, 0.15) is 16.4 Å². The fourth-order valence-corrected chi connectivity index (χ4v) is 5.69. The molecule has 0 radical (unpaired) electrons. The van der Waals surface area contributed by atoms with Crippen molar-refractivity contribution in [2.24, 2.45) is 0 Å². The van der Waals surface area contributed by atoms with Crippen LogP contribution in [0.15, 0.2) is 41.3 Å². The Bertz CT molecular complexity index is 1180. The number of fused-ring (bicyclic) bond motifs is 1. The molecule has 2 aliphatic rings. The first-order valence-corrected chi connectivity index (χ1v) is 12.2. The Morgan fingerprint density at radius 2 is 1.85 bits per heavy atom. The Kier molecular flexibility index (Phi) is 6.51. The fraction of sp³-hybridized carbons (Fsp3) is 0.364. The van der Waals surface area contributed by atoms with Gasteiger partial charge in [-0.05, 0) is 30.7 Å². The van der Waals surface area contributed by atoms with Crippen LogP contribution in [0.4, 0.5) is 5.69 Å². The summed E-state index contributed by atoms with van der Waals surface area (Å²) in [4.78, 5) is 26.0. The summed E-state index contributed by atoms with van der Waals surface area (Å²) < 4.78 is 38.5. The van der Waals surface area contributed by atoms with E-state index in [2.05, 4.69) is 5.32 Å². The van der Waals surface area contributed by atoms with Gasteiger partial charge in [-0.3, -0.25) is 9.59 Å². The molecule has 0 spiro atoms. The second-order valence-electron chi connectivity index (χ2n) is 7.84. The minimum atomic E-state index is -3.92. The van der Waals surface area contributed by atoms with Gasteiger partial charge in [-0.25, -0.2) is 8.42 Å². The highest BCUT2D eigenvalue weighted by atomic mass is 35.5. The molecule has 176 valence electrons. The van der Waals surface area contributed by atoms with Crippen molar-refractivity contribution in [3.63, 3.8) is 0 Å². The van der Waals surface area contributed by atoms with Crippen LogP contribution in [-0.4, -0.2) is 68.8 Å². The van der Waals surface area contributed by atoms with E-state index in [1.54, 1.807) is 31.1 Å². The van der Waals surface area contributed by atoms with Crippen molar-refractivity contribution in [3.8, 4) is 11.5 Å². The summed E-state index contributed by atoms with van der Waals surface area (Å²) in [6, 6.07) is 9.98. The summed E-state index contributed by atoms with van der Waals surface area (Å²) in [7, 11) is -2.34. The van der Waals surface area contributed by atoms with E-state index in [0.717, 1.165) is 5.56 Å². The number of hydrogen-bond donors (Lipinski definition) is 1. The number of benzene rings is 2. The van der Waals surface area contributed by atoms with Crippen LogP contribution >= 0.6 is 11.6 Å². The predicted molar refractivity (Wildman–Crippen MR) is 122 cm³/mol. The lowest BCUT2D eigenvalue weighted by atomic mass is 10.1. The second-order valence-corrected chi connectivity index (χ2v) is 10.2. The SMILES string of the molecule is COc1ccc(CC(=O)N2CCN(S(=O)(=O)c3cc4c(cc3Cl)NC(=O)[C@H](C)O4)CC2)cc1. The van der Waals surface area contributed by atoms with Crippen LogP contribution in [0.3, 0.4) is 0 Å². The zero-order chi connectivity index (χ0) is 23.8. The van der Waals surface area contributed by atoms with Crippen molar-refractivity contribution in [2.75, 3.05) is 38.6 Å². The molecule has 1 N–H and O–H groups in total. The van der Waals surface area contributed by atoms with Crippen molar-refractivity contribution >= 4 is 39.1 Å². The molecule has 1 saturated heterocycles. The molecule has 0 saturated carbocycles. The Morgan fingerprint density at radius 1 is 1.18 bits per heavy atom. The quantitative estimate of drug-likeness (QED) is 0.684. The fourth-order valence-electron chi connectivity index (χ4n) is 3.75. The maximum atomic E-state index is 13.3. The molecule has 1 fully saturated rings. The zero-order valence-electron chi connectivity index (χ0n) is 18.2. The van der Waals surface area contributed by atoms with Gasteiger partial charge < -0.3 is 19.7 Å². The summed E-state index contributed by atoms with van der Waals surface area (Å²) in [5.74, 6) is 0.568. The number of amides is 2. The molecule has 0 unspecified atom stereocenters. The Hall–Kier alpha value is -2.82. The summed E-state index contributed by atoms with van der Waals surface area (Å²) >= 11 is 6.25. The topological polar surface area (TPSA) is 105 Å². The predicted octanol–water partition coefficient (Wildman–Crippen LogP) is 2.14. The van der Waals surface area contributed by atoms with Gasteiger partial charge >= 0.3 is 0 Å². The zero-order valence-corrected chi connectivity index (χ0v) is 19.8. The normalized spacial score (nSPS) is 18.8. The van der Waals surface area contributed by atoms with Gasteiger partial charge in [0.25, 0.3) is 5.91 Å². The van der Waals surface area contributed by atoms with Crippen molar-refractivity contribution in [2.45, 2.75) is 24.3 Å². The number of carbonyl (C=O) groups excluding carboxylic acids is 2. The molecule has 33 heavy (non-hydrogen) atoms. The Labute approximate surface area is 197 Å². The number of hydrogen-bond acceptors (Lipinski definition) is 6. The maximum absolute atomic E-state index is 13.3. The van der Waals surface area contributed by atoms with E-state index in [-0.39, 0.29) is 60.1 Å². The largest absolute Gasteiger partial charge is 0.497 e. The van der Waals surface area contributed by atoms with E-state index in [9.17, 15) is 18.0 Å². The number of ether oxygens (including phenoxy) is 2. The number of nitrogens with zero attached hydrogens (tertiary/aromatic N) is 2. The van der Waals surface area contributed by atoms with E-state index in [1.807, 2.05) is 12.1 Å². The molecule has 2 aromatic carbocycles. The van der Waals surface area contributed by atoms with E-state index in [1.165, 1.54) is 16.4 Å². The minimum absolute atomic E-state index is 0.00906. The van der Waals surface area contributed by atoms with Crippen LogP contribution < -0.4 is 14.8 Å². The van der Waals surface area contributed by atoms with Crippen LogP contribution in [0, 0.1) is 0 Å². The highest BCUT2D eigenvalue weighted by Crippen LogP contribution is 2.38. The molecule has 2 amide bonds. The Balaban J connectivity index is 1.43. The minimum Gasteiger partial charge on any atom is -0.497 e. The van der Waals surface area contributed by atoms with E-state index in [4.69, 9.17) is 21.1 Å². The lowest BCUT2D eigenvalue weighted by Crippen LogP contribution is -2.50. The molecular formula is C22H24ClN3O6S. The number of halogens is 1. The molecular weight excluding hydrogens is 470 g/mol. The third-order valence-corrected chi connectivity index (χ3v) is 8.05. The van der Waals surface area contributed by atoms with Gasteiger partial charge in [-0.2, -0.15) is 4.31 Å². The molecule has 0 aromatic heterocycles. The lowest BCUT2D eigenvalue weighted by molar-refractivity contribution is -0.131. The monoisotopic (exact) mass is 493 g/mol. The third kappa shape index (κ3) is 4.78. The molecule has 4 rings (SSSR count). The molecule has 2 aliphatic heterocycles. The average Bonchev–Trinajstić information content (AvgIpc) is 2.80. The van der Waals surface area contributed by atoms with E-state index < -0.39 is 16.1 Å². The number of piperazine rings is 1. The summed E-state index contributed by atoms with van der Waals surface area (Å²) in [5.41, 5.74) is 1.19. The van der Waals surface area contributed by atoms with Gasteiger partial charge in [0.15, 0.2) is 6.10 Å². The molecule has 2 heterocycles. The molecule has 0 aliphatic carbocycles. The maximum Gasteiger partial charge on any atom is 0.265 e. The first kappa shape index (κ1) is 23.3. The van der Waals surface area contributed by atoms with Gasteiger partial charge in [0.2, 0.25) is 15.9 Å². The highest BCUT2D eigenvalue weighted by molar-refractivity contribution is 7.89. The smallest absolute Gasteiger partial charge is 0.265 e. The lowest BCUT2D eigenvalue weighted by Gasteiger charge is -2.34. The highest BCUT2D eigenvalue weighted by Gasteiger charge is 2.34. The molecule has 2 aromatic rings. The van der Waals surface area contributed by atoms with Crippen LogP contribution in [0.25, 0.3) is 0 Å². The number of anilines is 1. The van der Waals surface area contributed by atoms with Crippen molar-refractivity contribution in [3.05, 3.63) is 47.0 Å². The summed E-state index contributed by atoms with van der Waals surface area (Å²) in [6.45, 7) is 2.43. The average molecular weight is 494 g/mol. The van der Waals surface area contributed by atoms with Crippen LogP contribution in [0.5, 0.6) is 11.5 Å². The molecule has 9 nitrogen and oxygen atoms in total. The number of nitrogens with one attached hydrogen (secondary N) is 1. The summed E-state index contributed by atoms with van der Waals surface area (Å²) in [6.07, 6.45) is -0.510. The standard InChI is InChI=1S/C22H24ClN3O6S/c1-14-22(28)24-18-12-17(23)20(13-19(18)32-14)33(29,30)26-9-7-25(8-10-26)21(27)11-15-3-5-16(31-2)6-4-15/h3-6,12-14H,7-11H2,1-2H3,(H,24,28)/t14-/m0/s1. The van der Waals surface area contributed by atoms with Gasteiger partial charge in [0, 0.05) is 32.2 Å². The molecule has 0 bridgehead atoms. The van der Waals surface area contributed by atoms with E-state index in [0.29, 0.717) is 11.4 Å². The Morgan fingerprint density at radius 3 is 2.48 bits per heavy atom. The first-order valence-electron chi connectivity index (χ1n) is 10.4. The number of sulfonamides is 1. The van der Waals surface area contributed by atoms with E-state index >= 15 is 0 Å². The van der Waals surface area contributed by atoms with Crippen LogP contribution in [-0.2, 0) is 26.0 Å². The van der Waals surface area contributed by atoms with Crippen molar-refractivity contribution in [1.82, 2.24) is 9.21 Å². The number of carbonyl (C=O) groups is 2. The number of rotatable bonds is 5. The van der Waals surface area contributed by atoms with Gasteiger partial charge in [0.05, 0.1) is 24.2 Å². The van der Waals surface area contributed by atoms with Gasteiger partial charge in [-0.1, -0.05) is 23.7 Å². The summed E-state index contributed by atoms with van der Waals surface area (Å²) in [5, 5.41) is 2.64. The van der Waals surface area contributed by atoms with Crippen molar-refractivity contribution < 1.29 is 27.5 Å². The third-order valence-electron chi connectivity index (χ3n) is 5.69. The molecule has 1 atom stereocenters. The number of methoxy groups -OCH3 is 1. The molecule has 11 heteroatoms.